The van der Waals surface area contributed by atoms with Crippen molar-refractivity contribution in [3.63, 3.8) is 0 Å². The first kappa shape index (κ1) is 14.4. The average molecular weight is 297 g/mol. The fraction of sp³-hybridized carbons (Fsp3) is 0.278. The maximum absolute atomic E-state index is 12.5. The molecule has 0 saturated carbocycles. The third kappa shape index (κ3) is 2.91. The SMILES string of the molecule is Cc1ccccc1CN(C)C(=O)[C@@H]1COc2ccccc2O1. The summed E-state index contributed by atoms with van der Waals surface area (Å²) in [5.41, 5.74) is 2.31. The van der Waals surface area contributed by atoms with E-state index in [1.165, 1.54) is 5.56 Å². The maximum atomic E-state index is 12.5. The molecule has 114 valence electrons. The zero-order valence-electron chi connectivity index (χ0n) is 12.8. The molecule has 1 aliphatic rings. The molecule has 1 aliphatic heterocycles. The third-order valence-electron chi connectivity index (χ3n) is 3.83. The summed E-state index contributed by atoms with van der Waals surface area (Å²) in [6.45, 7) is 2.85. The Morgan fingerprint density at radius 1 is 1.14 bits per heavy atom. The summed E-state index contributed by atoms with van der Waals surface area (Å²) in [6.07, 6.45) is -0.594. The number of amides is 1. The second-order valence-corrected chi connectivity index (χ2v) is 5.49. The van der Waals surface area contributed by atoms with Gasteiger partial charge in [0.15, 0.2) is 11.5 Å². The summed E-state index contributed by atoms with van der Waals surface area (Å²) in [6, 6.07) is 15.5. The summed E-state index contributed by atoms with van der Waals surface area (Å²) in [7, 11) is 1.79. The fourth-order valence-electron chi connectivity index (χ4n) is 2.51. The van der Waals surface area contributed by atoms with Gasteiger partial charge >= 0.3 is 0 Å². The van der Waals surface area contributed by atoms with Crippen molar-refractivity contribution in [2.45, 2.75) is 19.6 Å². The highest BCUT2D eigenvalue weighted by Crippen LogP contribution is 2.31. The van der Waals surface area contributed by atoms with Gasteiger partial charge in [0.25, 0.3) is 5.91 Å². The van der Waals surface area contributed by atoms with Crippen molar-refractivity contribution in [3.8, 4) is 11.5 Å². The molecule has 0 unspecified atom stereocenters. The Labute approximate surface area is 130 Å². The van der Waals surface area contributed by atoms with E-state index in [1.54, 1.807) is 11.9 Å². The highest BCUT2D eigenvalue weighted by atomic mass is 16.6. The van der Waals surface area contributed by atoms with E-state index in [1.807, 2.05) is 55.5 Å². The van der Waals surface area contributed by atoms with Gasteiger partial charge in [-0.3, -0.25) is 4.79 Å². The second kappa shape index (κ2) is 6.10. The van der Waals surface area contributed by atoms with Gasteiger partial charge in [-0.1, -0.05) is 36.4 Å². The summed E-state index contributed by atoms with van der Waals surface area (Å²) in [4.78, 5) is 14.2. The van der Waals surface area contributed by atoms with Crippen molar-refractivity contribution in [1.82, 2.24) is 4.90 Å². The van der Waals surface area contributed by atoms with Gasteiger partial charge in [0.05, 0.1) is 0 Å². The van der Waals surface area contributed by atoms with Crippen LogP contribution in [-0.4, -0.2) is 30.6 Å². The molecular weight excluding hydrogens is 278 g/mol. The molecule has 0 aromatic heterocycles. The van der Waals surface area contributed by atoms with Crippen LogP contribution in [0, 0.1) is 6.92 Å². The lowest BCUT2D eigenvalue weighted by Crippen LogP contribution is -2.44. The first-order valence-corrected chi connectivity index (χ1v) is 7.33. The lowest BCUT2D eigenvalue weighted by Gasteiger charge is -2.29. The Morgan fingerprint density at radius 3 is 2.59 bits per heavy atom. The number of nitrogens with zero attached hydrogens (tertiary/aromatic N) is 1. The molecule has 0 spiro atoms. The molecule has 3 rings (SSSR count). The predicted molar refractivity (Wildman–Crippen MR) is 84.0 cm³/mol. The molecule has 1 amide bonds. The van der Waals surface area contributed by atoms with Crippen LogP contribution < -0.4 is 9.47 Å². The van der Waals surface area contributed by atoms with Crippen LogP contribution in [-0.2, 0) is 11.3 Å². The van der Waals surface area contributed by atoms with Gasteiger partial charge in [-0.15, -0.1) is 0 Å². The summed E-state index contributed by atoms with van der Waals surface area (Å²) in [5.74, 6) is 1.24. The van der Waals surface area contributed by atoms with Gasteiger partial charge in [0.1, 0.15) is 6.61 Å². The van der Waals surface area contributed by atoms with Crippen LogP contribution in [0.5, 0.6) is 11.5 Å². The Kier molecular flexibility index (Phi) is 4.00. The smallest absolute Gasteiger partial charge is 0.267 e. The zero-order chi connectivity index (χ0) is 15.5. The molecule has 4 nitrogen and oxygen atoms in total. The van der Waals surface area contributed by atoms with E-state index in [9.17, 15) is 4.79 Å². The lowest BCUT2D eigenvalue weighted by molar-refractivity contribution is -0.140. The number of fused-ring (bicyclic) bond motifs is 1. The first-order chi connectivity index (χ1) is 10.6. The molecule has 2 aromatic rings. The minimum absolute atomic E-state index is 0.0715. The van der Waals surface area contributed by atoms with Gasteiger partial charge in [-0.05, 0) is 30.2 Å². The van der Waals surface area contributed by atoms with E-state index in [4.69, 9.17) is 9.47 Å². The van der Waals surface area contributed by atoms with Crippen LogP contribution in [0.15, 0.2) is 48.5 Å². The Hall–Kier alpha value is -2.49. The number of carbonyl (C=O) groups is 1. The molecular formula is C18H19NO3. The summed E-state index contributed by atoms with van der Waals surface area (Å²) < 4.78 is 11.4. The Balaban J connectivity index is 1.68. The Bertz CT molecular complexity index is 684. The third-order valence-corrected chi connectivity index (χ3v) is 3.83. The number of carbonyl (C=O) groups excluding carboxylic acids is 1. The second-order valence-electron chi connectivity index (χ2n) is 5.49. The number of hydrogen-bond donors (Lipinski definition) is 0. The highest BCUT2D eigenvalue weighted by molar-refractivity contribution is 5.81. The van der Waals surface area contributed by atoms with E-state index in [-0.39, 0.29) is 12.5 Å². The number of ether oxygens (including phenoxy) is 2. The normalized spacial score (nSPS) is 16.2. The first-order valence-electron chi connectivity index (χ1n) is 7.33. The summed E-state index contributed by atoms with van der Waals surface area (Å²) >= 11 is 0. The van der Waals surface area contributed by atoms with Crippen LogP contribution in [0.2, 0.25) is 0 Å². The van der Waals surface area contributed by atoms with Gasteiger partial charge in [0, 0.05) is 13.6 Å². The van der Waals surface area contributed by atoms with Crippen molar-refractivity contribution in [2.75, 3.05) is 13.7 Å². The number of aryl methyl sites for hydroxylation is 1. The number of rotatable bonds is 3. The standard InChI is InChI=1S/C18H19NO3/c1-13-7-3-4-8-14(13)11-19(2)18(20)17-12-21-15-9-5-6-10-16(15)22-17/h3-10,17H,11-12H2,1-2H3/t17-/m0/s1. The van der Waals surface area contributed by atoms with Crippen molar-refractivity contribution >= 4 is 5.91 Å². The van der Waals surface area contributed by atoms with Crippen molar-refractivity contribution in [3.05, 3.63) is 59.7 Å². The van der Waals surface area contributed by atoms with Gasteiger partial charge < -0.3 is 14.4 Å². The molecule has 0 saturated heterocycles. The van der Waals surface area contributed by atoms with Crippen LogP contribution in [0.1, 0.15) is 11.1 Å². The maximum Gasteiger partial charge on any atom is 0.267 e. The number of likely N-dealkylation sites (N-methyl/N-ethyl adjacent to an activating group) is 1. The molecule has 22 heavy (non-hydrogen) atoms. The molecule has 0 bridgehead atoms. The van der Waals surface area contributed by atoms with E-state index < -0.39 is 6.10 Å². The lowest BCUT2D eigenvalue weighted by atomic mass is 10.1. The molecule has 1 heterocycles. The average Bonchev–Trinajstić information content (AvgIpc) is 2.55. The highest BCUT2D eigenvalue weighted by Gasteiger charge is 2.29. The quantitative estimate of drug-likeness (QED) is 0.874. The number of benzene rings is 2. The fourth-order valence-corrected chi connectivity index (χ4v) is 2.51. The van der Waals surface area contributed by atoms with Crippen molar-refractivity contribution < 1.29 is 14.3 Å². The Morgan fingerprint density at radius 2 is 1.82 bits per heavy atom. The molecule has 0 radical (unpaired) electrons. The van der Waals surface area contributed by atoms with Crippen LogP contribution >= 0.6 is 0 Å². The largest absolute Gasteiger partial charge is 0.485 e. The number of para-hydroxylation sites is 2. The molecule has 4 heteroatoms. The summed E-state index contributed by atoms with van der Waals surface area (Å²) in [5, 5.41) is 0. The van der Waals surface area contributed by atoms with Crippen LogP contribution in [0.25, 0.3) is 0 Å². The van der Waals surface area contributed by atoms with E-state index in [0.717, 1.165) is 5.56 Å². The van der Waals surface area contributed by atoms with Crippen LogP contribution in [0.3, 0.4) is 0 Å². The number of hydrogen-bond acceptors (Lipinski definition) is 3. The van der Waals surface area contributed by atoms with Gasteiger partial charge in [-0.2, -0.15) is 0 Å². The molecule has 2 aromatic carbocycles. The minimum Gasteiger partial charge on any atom is -0.485 e. The van der Waals surface area contributed by atoms with Gasteiger partial charge in [0.2, 0.25) is 6.10 Å². The zero-order valence-corrected chi connectivity index (χ0v) is 12.8. The van der Waals surface area contributed by atoms with Crippen LogP contribution in [0.4, 0.5) is 0 Å². The van der Waals surface area contributed by atoms with Crippen molar-refractivity contribution in [2.24, 2.45) is 0 Å². The van der Waals surface area contributed by atoms with Crippen molar-refractivity contribution in [1.29, 1.82) is 0 Å². The predicted octanol–water partition coefficient (Wildman–Crippen LogP) is 2.79. The van der Waals surface area contributed by atoms with E-state index >= 15 is 0 Å². The molecule has 0 fully saturated rings. The van der Waals surface area contributed by atoms with E-state index in [0.29, 0.717) is 18.0 Å². The molecule has 1 atom stereocenters. The molecule has 0 aliphatic carbocycles. The molecule has 0 N–H and O–H groups in total. The van der Waals surface area contributed by atoms with E-state index in [2.05, 4.69) is 0 Å². The monoisotopic (exact) mass is 297 g/mol. The topological polar surface area (TPSA) is 38.8 Å². The van der Waals surface area contributed by atoms with Gasteiger partial charge in [-0.25, -0.2) is 0 Å². The minimum atomic E-state index is -0.594.